The van der Waals surface area contributed by atoms with Gasteiger partial charge in [0.25, 0.3) is 5.82 Å². The average molecular weight is 241 g/mol. The van der Waals surface area contributed by atoms with Gasteiger partial charge in [-0.3, -0.25) is 0 Å². The predicted octanol–water partition coefficient (Wildman–Crippen LogP) is 2.68. The minimum absolute atomic E-state index is 0.0886. The molecule has 0 saturated heterocycles. The molecule has 2 aromatic rings. The molecule has 0 spiro atoms. The molecule has 1 aromatic heterocycles. The van der Waals surface area contributed by atoms with Crippen molar-refractivity contribution in [3.63, 3.8) is 0 Å². The number of H-pyrrole nitrogens is 1. The van der Waals surface area contributed by atoms with Crippen LogP contribution < -0.4 is 10.3 Å². The Morgan fingerprint density at radius 3 is 2.50 bits per heavy atom. The lowest BCUT2D eigenvalue weighted by Gasteiger charge is -2.03. The fourth-order valence-electron chi connectivity index (χ4n) is 1.98. The highest BCUT2D eigenvalue weighted by atomic mass is 16.1. The zero-order valence-electron chi connectivity index (χ0n) is 10.9. The number of aromatic nitrogens is 1. The second-order valence-corrected chi connectivity index (χ2v) is 4.52. The van der Waals surface area contributed by atoms with E-state index in [9.17, 15) is 4.79 Å². The van der Waals surface area contributed by atoms with Gasteiger partial charge in [0.2, 0.25) is 0 Å². The van der Waals surface area contributed by atoms with Crippen LogP contribution >= 0.6 is 0 Å². The summed E-state index contributed by atoms with van der Waals surface area (Å²) < 4.78 is 0. The summed E-state index contributed by atoms with van der Waals surface area (Å²) in [6, 6.07) is 11.5. The van der Waals surface area contributed by atoms with Crippen molar-refractivity contribution in [1.82, 2.24) is 0 Å². The maximum atomic E-state index is 12.1. The summed E-state index contributed by atoms with van der Waals surface area (Å²) in [5.41, 5.74) is 3.81. The van der Waals surface area contributed by atoms with Crippen LogP contribution in [0.25, 0.3) is 0 Å². The minimum atomic E-state index is -0.0886. The van der Waals surface area contributed by atoms with Crippen molar-refractivity contribution < 1.29 is 9.78 Å². The normalized spacial score (nSPS) is 10.2. The Hall–Kier alpha value is -2.16. The highest BCUT2D eigenvalue weighted by Gasteiger charge is 2.15. The van der Waals surface area contributed by atoms with E-state index in [0.29, 0.717) is 5.56 Å². The number of hydrogen-bond acceptors (Lipinski definition) is 1. The van der Waals surface area contributed by atoms with Gasteiger partial charge < -0.3 is 0 Å². The van der Waals surface area contributed by atoms with Gasteiger partial charge in [0.15, 0.2) is 0 Å². The van der Waals surface area contributed by atoms with Crippen LogP contribution in [0.3, 0.4) is 0 Å². The van der Waals surface area contributed by atoms with E-state index in [0.717, 1.165) is 22.6 Å². The van der Waals surface area contributed by atoms with Gasteiger partial charge in [0.05, 0.1) is 11.3 Å². The fourth-order valence-corrected chi connectivity index (χ4v) is 1.98. The number of rotatable bonds is 2. The summed E-state index contributed by atoms with van der Waals surface area (Å²) in [5, 5.41) is 2.89. The van der Waals surface area contributed by atoms with E-state index >= 15 is 0 Å². The fraction of sp³-hybridized carbons (Fsp3) is 0.200. The third-order valence-corrected chi connectivity index (χ3v) is 2.79. The van der Waals surface area contributed by atoms with Crippen LogP contribution in [0.4, 0.5) is 5.82 Å². The van der Waals surface area contributed by atoms with Crippen LogP contribution in [-0.4, -0.2) is 5.91 Å². The highest BCUT2D eigenvalue weighted by Crippen LogP contribution is 2.10. The molecular formula is C15H17N2O+. The largest absolute Gasteiger partial charge is 0.339 e. The lowest BCUT2D eigenvalue weighted by atomic mass is 10.1. The predicted molar refractivity (Wildman–Crippen MR) is 71.6 cm³/mol. The van der Waals surface area contributed by atoms with Crippen molar-refractivity contribution in [3.8, 4) is 0 Å². The summed E-state index contributed by atoms with van der Waals surface area (Å²) in [4.78, 5) is 15.3. The maximum Gasteiger partial charge on any atom is 0.339 e. The molecule has 0 aliphatic carbocycles. The summed E-state index contributed by atoms with van der Waals surface area (Å²) in [6.45, 7) is 5.90. The van der Waals surface area contributed by atoms with Crippen LogP contribution in [-0.2, 0) is 0 Å². The molecule has 2 rings (SSSR count). The summed E-state index contributed by atoms with van der Waals surface area (Å²) >= 11 is 0. The molecule has 2 N–H and O–H groups in total. The first-order valence-electron chi connectivity index (χ1n) is 5.94. The van der Waals surface area contributed by atoms with E-state index in [-0.39, 0.29) is 5.91 Å². The third-order valence-electron chi connectivity index (χ3n) is 2.79. The third kappa shape index (κ3) is 2.74. The first-order valence-corrected chi connectivity index (χ1v) is 5.94. The van der Waals surface area contributed by atoms with E-state index in [2.05, 4.69) is 10.3 Å². The first-order chi connectivity index (χ1) is 8.56. The van der Waals surface area contributed by atoms with Crippen molar-refractivity contribution in [2.24, 2.45) is 0 Å². The Bertz CT molecular complexity index is 571. The van der Waals surface area contributed by atoms with E-state index in [1.165, 1.54) is 0 Å². The molecule has 18 heavy (non-hydrogen) atoms. The van der Waals surface area contributed by atoms with Gasteiger partial charge in [-0.2, -0.15) is 0 Å². The number of aryl methyl sites for hydroxylation is 3. The number of anilines is 1. The molecule has 0 fully saturated rings. The number of benzene rings is 1. The molecule has 1 amide bonds. The minimum Gasteiger partial charge on any atom is -0.245 e. The molecular weight excluding hydrogens is 224 g/mol. The topological polar surface area (TPSA) is 43.2 Å². The lowest BCUT2D eigenvalue weighted by molar-refractivity contribution is -0.370. The van der Waals surface area contributed by atoms with Gasteiger partial charge in [-0.05, 0) is 44.0 Å². The quantitative estimate of drug-likeness (QED) is 0.863. The highest BCUT2D eigenvalue weighted by molar-refractivity contribution is 6.04. The SMILES string of the molecule is Cc1cc(C)[nH+]c(NC(=O)c2ccccc2C)c1. The molecule has 0 saturated carbocycles. The summed E-state index contributed by atoms with van der Waals surface area (Å²) in [6.07, 6.45) is 0. The van der Waals surface area contributed by atoms with Gasteiger partial charge in [0, 0.05) is 6.07 Å². The second-order valence-electron chi connectivity index (χ2n) is 4.52. The number of aromatic amines is 1. The van der Waals surface area contributed by atoms with Crippen LogP contribution in [0, 0.1) is 20.8 Å². The number of hydrogen-bond donors (Lipinski definition) is 1. The van der Waals surface area contributed by atoms with Gasteiger partial charge in [-0.15, -0.1) is 0 Å². The molecule has 92 valence electrons. The lowest BCUT2D eigenvalue weighted by Crippen LogP contribution is -2.21. The van der Waals surface area contributed by atoms with Crippen LogP contribution in [0.5, 0.6) is 0 Å². The van der Waals surface area contributed by atoms with Crippen molar-refractivity contribution in [3.05, 3.63) is 58.8 Å². The van der Waals surface area contributed by atoms with Gasteiger partial charge >= 0.3 is 5.91 Å². The second kappa shape index (κ2) is 5.00. The Morgan fingerprint density at radius 2 is 1.83 bits per heavy atom. The monoisotopic (exact) mass is 241 g/mol. The molecule has 1 heterocycles. The molecule has 0 aliphatic heterocycles. The number of carbonyl (C=O) groups is 1. The number of pyridine rings is 1. The molecule has 0 bridgehead atoms. The summed E-state index contributed by atoms with van der Waals surface area (Å²) in [7, 11) is 0. The zero-order valence-corrected chi connectivity index (χ0v) is 10.9. The zero-order chi connectivity index (χ0) is 13.1. The average Bonchev–Trinajstić information content (AvgIpc) is 2.27. The Morgan fingerprint density at radius 1 is 1.11 bits per heavy atom. The van der Waals surface area contributed by atoms with E-state index in [1.807, 2.05) is 57.2 Å². The molecule has 0 radical (unpaired) electrons. The maximum absolute atomic E-state index is 12.1. The molecule has 3 heteroatoms. The van der Waals surface area contributed by atoms with E-state index in [4.69, 9.17) is 0 Å². The van der Waals surface area contributed by atoms with Crippen molar-refractivity contribution >= 4 is 11.7 Å². The van der Waals surface area contributed by atoms with Crippen molar-refractivity contribution in [2.75, 3.05) is 5.32 Å². The molecule has 0 aliphatic rings. The van der Waals surface area contributed by atoms with Crippen LogP contribution in [0.15, 0.2) is 36.4 Å². The Labute approximate surface area is 107 Å². The van der Waals surface area contributed by atoms with E-state index in [1.54, 1.807) is 0 Å². The van der Waals surface area contributed by atoms with E-state index < -0.39 is 0 Å². The van der Waals surface area contributed by atoms with Gasteiger partial charge in [-0.25, -0.2) is 15.1 Å². The standard InChI is InChI=1S/C15H16N2O/c1-10-8-12(3)16-14(9-10)17-15(18)13-7-5-4-6-11(13)2/h4-9H,1-3H3,(H,16,17,18)/p+1. The smallest absolute Gasteiger partial charge is 0.245 e. The Balaban J connectivity index is 2.24. The number of carbonyl (C=O) groups excluding carboxylic acids is 1. The van der Waals surface area contributed by atoms with Crippen molar-refractivity contribution in [2.45, 2.75) is 20.8 Å². The Kier molecular flexibility index (Phi) is 3.42. The number of nitrogens with one attached hydrogen (secondary N) is 2. The van der Waals surface area contributed by atoms with Gasteiger partial charge in [0.1, 0.15) is 0 Å². The molecule has 3 nitrogen and oxygen atoms in total. The summed E-state index contributed by atoms with van der Waals surface area (Å²) in [5.74, 6) is 0.634. The molecule has 1 aromatic carbocycles. The first kappa shape index (κ1) is 12.3. The van der Waals surface area contributed by atoms with Crippen LogP contribution in [0.2, 0.25) is 0 Å². The van der Waals surface area contributed by atoms with Gasteiger partial charge in [-0.1, -0.05) is 18.2 Å². The van der Waals surface area contributed by atoms with Crippen molar-refractivity contribution in [1.29, 1.82) is 0 Å². The van der Waals surface area contributed by atoms with Crippen LogP contribution in [0.1, 0.15) is 27.2 Å². The molecule has 0 atom stereocenters. The number of amides is 1. The molecule has 0 unspecified atom stereocenters.